The number of piperidine rings is 1. The van der Waals surface area contributed by atoms with Crippen LogP contribution in [-0.2, 0) is 4.79 Å². The van der Waals surface area contributed by atoms with E-state index in [-0.39, 0.29) is 23.8 Å². The van der Waals surface area contributed by atoms with Gasteiger partial charge in [-0.15, -0.1) is 0 Å². The molecular formula is C27H32FN5O. The van der Waals surface area contributed by atoms with E-state index in [0.717, 1.165) is 49.2 Å². The molecule has 1 saturated heterocycles. The minimum absolute atomic E-state index is 0.00694. The lowest BCUT2D eigenvalue weighted by atomic mass is 9.73. The van der Waals surface area contributed by atoms with Crippen LogP contribution < -0.4 is 10.7 Å². The first-order valence-corrected chi connectivity index (χ1v) is 12.2. The van der Waals surface area contributed by atoms with Crippen molar-refractivity contribution in [1.82, 2.24) is 20.6 Å². The van der Waals surface area contributed by atoms with Crippen LogP contribution in [0.4, 0.5) is 4.39 Å². The highest BCUT2D eigenvalue weighted by atomic mass is 19.1. The average molecular weight is 462 g/mol. The SMILES string of the molecule is CC1C=CC(F)=C(CN2CCCC(NC(=O)C3=CC4(C)C(c5ccncc5)=NNC4C=C3)C2)C1. The maximum absolute atomic E-state index is 14.3. The van der Waals surface area contributed by atoms with Crippen molar-refractivity contribution >= 4 is 11.6 Å². The van der Waals surface area contributed by atoms with Crippen LogP contribution in [0.2, 0.25) is 0 Å². The zero-order valence-electron chi connectivity index (χ0n) is 19.8. The normalized spacial score (nSPS) is 31.0. The maximum atomic E-state index is 14.3. The van der Waals surface area contributed by atoms with Gasteiger partial charge in [0.1, 0.15) is 5.83 Å². The van der Waals surface area contributed by atoms with Crippen molar-refractivity contribution < 1.29 is 9.18 Å². The van der Waals surface area contributed by atoms with Gasteiger partial charge < -0.3 is 10.7 Å². The molecule has 1 amide bonds. The molecule has 1 aromatic rings. The van der Waals surface area contributed by atoms with E-state index in [1.165, 1.54) is 0 Å². The van der Waals surface area contributed by atoms with Crippen molar-refractivity contribution in [2.75, 3.05) is 19.6 Å². The van der Waals surface area contributed by atoms with Crippen LogP contribution in [-0.4, -0.2) is 53.2 Å². The number of pyridine rings is 1. The third-order valence-electron chi connectivity index (χ3n) is 7.34. The zero-order valence-corrected chi connectivity index (χ0v) is 19.8. The predicted molar refractivity (Wildman–Crippen MR) is 132 cm³/mol. The van der Waals surface area contributed by atoms with E-state index in [2.05, 4.69) is 39.6 Å². The van der Waals surface area contributed by atoms with Gasteiger partial charge in [0.2, 0.25) is 0 Å². The highest BCUT2D eigenvalue weighted by molar-refractivity contribution is 6.09. The lowest BCUT2D eigenvalue weighted by molar-refractivity contribution is -0.118. The van der Waals surface area contributed by atoms with Gasteiger partial charge in [-0.2, -0.15) is 5.10 Å². The van der Waals surface area contributed by atoms with Gasteiger partial charge in [-0.05, 0) is 62.4 Å². The molecule has 1 fully saturated rings. The quantitative estimate of drug-likeness (QED) is 0.702. The highest BCUT2D eigenvalue weighted by Crippen LogP contribution is 2.38. The summed E-state index contributed by atoms with van der Waals surface area (Å²) in [5.41, 5.74) is 6.20. The van der Waals surface area contributed by atoms with Gasteiger partial charge >= 0.3 is 0 Å². The van der Waals surface area contributed by atoms with Crippen molar-refractivity contribution in [3.05, 3.63) is 77.4 Å². The number of nitrogens with one attached hydrogen (secondary N) is 2. The number of rotatable bonds is 5. The molecule has 0 saturated carbocycles. The molecule has 0 radical (unpaired) electrons. The molecule has 178 valence electrons. The zero-order chi connectivity index (χ0) is 23.7. The summed E-state index contributed by atoms with van der Waals surface area (Å²) >= 11 is 0. The van der Waals surface area contributed by atoms with Crippen LogP contribution in [0, 0.1) is 11.3 Å². The molecule has 5 rings (SSSR count). The summed E-state index contributed by atoms with van der Waals surface area (Å²) in [6, 6.07) is 3.94. The molecule has 4 aliphatic rings. The predicted octanol–water partition coefficient (Wildman–Crippen LogP) is 3.66. The number of hydrogen-bond acceptors (Lipinski definition) is 5. The summed E-state index contributed by atoms with van der Waals surface area (Å²) in [7, 11) is 0. The monoisotopic (exact) mass is 461 g/mol. The fourth-order valence-electron chi connectivity index (χ4n) is 5.45. The molecule has 7 heteroatoms. The highest BCUT2D eigenvalue weighted by Gasteiger charge is 2.43. The number of carbonyl (C=O) groups is 1. The number of fused-ring (bicyclic) bond motifs is 1. The first-order chi connectivity index (χ1) is 16.4. The van der Waals surface area contributed by atoms with Crippen molar-refractivity contribution in [3.8, 4) is 0 Å². The first kappa shape index (κ1) is 22.7. The number of amides is 1. The summed E-state index contributed by atoms with van der Waals surface area (Å²) in [6.07, 6.45) is 15.7. The molecule has 4 atom stereocenters. The third-order valence-corrected chi connectivity index (χ3v) is 7.34. The third kappa shape index (κ3) is 4.49. The number of hydrazone groups is 1. The Balaban J connectivity index is 1.25. The molecule has 0 aromatic carbocycles. The maximum Gasteiger partial charge on any atom is 0.251 e. The smallest absolute Gasteiger partial charge is 0.251 e. The Morgan fingerprint density at radius 3 is 2.94 bits per heavy atom. The van der Waals surface area contributed by atoms with Gasteiger partial charge in [0.05, 0.1) is 17.2 Å². The standard InChI is InChI=1S/C27H32FN5O/c1-18-5-7-23(28)21(14-18)16-33-13-3-4-22(17-33)30-26(34)20-6-8-24-27(2,15-20)25(32-31-24)19-9-11-29-12-10-19/h5-12,15,18,22,24,31H,3-4,13-14,16-17H2,1-2H3,(H,30,34). The topological polar surface area (TPSA) is 69.6 Å². The second-order valence-electron chi connectivity index (χ2n) is 10.1. The Morgan fingerprint density at radius 1 is 1.29 bits per heavy atom. The fraction of sp³-hybridized carbons (Fsp3) is 0.444. The molecule has 3 heterocycles. The molecule has 2 aliphatic carbocycles. The fourth-order valence-corrected chi connectivity index (χ4v) is 5.45. The van der Waals surface area contributed by atoms with Crippen molar-refractivity contribution in [1.29, 1.82) is 0 Å². The van der Waals surface area contributed by atoms with E-state index in [0.29, 0.717) is 18.0 Å². The molecule has 4 unspecified atom stereocenters. The lowest BCUT2D eigenvalue weighted by Crippen LogP contribution is -2.49. The summed E-state index contributed by atoms with van der Waals surface area (Å²) in [6.45, 7) is 6.53. The average Bonchev–Trinajstić information content (AvgIpc) is 3.18. The largest absolute Gasteiger partial charge is 0.348 e. The number of likely N-dealkylation sites (tertiary alicyclic amines) is 1. The number of aromatic nitrogens is 1. The summed E-state index contributed by atoms with van der Waals surface area (Å²) in [5, 5.41) is 7.81. The Kier molecular flexibility index (Phi) is 6.21. The summed E-state index contributed by atoms with van der Waals surface area (Å²) in [5.74, 6) is 0.209. The molecule has 34 heavy (non-hydrogen) atoms. The first-order valence-electron chi connectivity index (χ1n) is 12.2. The van der Waals surface area contributed by atoms with Gasteiger partial charge in [0.15, 0.2) is 0 Å². The number of carbonyl (C=O) groups excluding carboxylic acids is 1. The van der Waals surface area contributed by atoms with Crippen LogP contribution in [0.3, 0.4) is 0 Å². The Labute approximate surface area is 200 Å². The minimum Gasteiger partial charge on any atom is -0.348 e. The van der Waals surface area contributed by atoms with Crippen LogP contribution in [0.5, 0.6) is 0 Å². The Bertz CT molecular complexity index is 1110. The van der Waals surface area contributed by atoms with E-state index in [1.54, 1.807) is 18.5 Å². The number of nitrogens with zero attached hydrogens (tertiary/aromatic N) is 3. The molecule has 2 N–H and O–H groups in total. The van der Waals surface area contributed by atoms with Gasteiger partial charge in [-0.25, -0.2) is 4.39 Å². The summed E-state index contributed by atoms with van der Waals surface area (Å²) in [4.78, 5) is 19.6. The van der Waals surface area contributed by atoms with Crippen molar-refractivity contribution in [3.63, 3.8) is 0 Å². The van der Waals surface area contributed by atoms with Gasteiger partial charge in [-0.3, -0.25) is 14.7 Å². The van der Waals surface area contributed by atoms with E-state index in [4.69, 9.17) is 0 Å². The van der Waals surface area contributed by atoms with Crippen molar-refractivity contribution in [2.24, 2.45) is 16.4 Å². The molecule has 2 aliphatic heterocycles. The minimum atomic E-state index is -0.420. The molecule has 6 nitrogen and oxygen atoms in total. The Morgan fingerprint density at radius 2 is 2.12 bits per heavy atom. The van der Waals surface area contributed by atoms with E-state index < -0.39 is 5.41 Å². The van der Waals surface area contributed by atoms with Crippen LogP contribution in [0.1, 0.15) is 38.7 Å². The second-order valence-corrected chi connectivity index (χ2v) is 10.1. The number of hydrogen-bond donors (Lipinski definition) is 2. The van der Waals surface area contributed by atoms with Crippen molar-refractivity contribution in [2.45, 2.75) is 45.2 Å². The van der Waals surface area contributed by atoms with Crippen LogP contribution >= 0.6 is 0 Å². The Hall–Kier alpha value is -3.06. The molecule has 1 aromatic heterocycles. The van der Waals surface area contributed by atoms with Crippen LogP contribution in [0.15, 0.2) is 77.0 Å². The van der Waals surface area contributed by atoms with E-state index in [9.17, 15) is 9.18 Å². The van der Waals surface area contributed by atoms with Gasteiger partial charge in [0, 0.05) is 42.7 Å². The number of halogens is 1. The van der Waals surface area contributed by atoms with Gasteiger partial charge in [-0.1, -0.05) is 31.2 Å². The van der Waals surface area contributed by atoms with Crippen LogP contribution in [0.25, 0.3) is 0 Å². The van der Waals surface area contributed by atoms with E-state index >= 15 is 0 Å². The molecular weight excluding hydrogens is 429 g/mol. The summed E-state index contributed by atoms with van der Waals surface area (Å²) < 4.78 is 14.3. The second kappa shape index (κ2) is 9.29. The van der Waals surface area contributed by atoms with E-state index in [1.807, 2.05) is 36.4 Å². The lowest BCUT2D eigenvalue weighted by Gasteiger charge is -2.35. The molecule has 0 spiro atoms. The molecule has 0 bridgehead atoms. The number of allylic oxidation sites excluding steroid dienone is 3. The van der Waals surface area contributed by atoms with Gasteiger partial charge in [0.25, 0.3) is 5.91 Å².